The first-order valence-corrected chi connectivity index (χ1v) is 7.30. The van der Waals surface area contributed by atoms with E-state index in [1.165, 1.54) is 11.1 Å². The first kappa shape index (κ1) is 13.9. The van der Waals surface area contributed by atoms with E-state index < -0.39 is 6.10 Å². The summed E-state index contributed by atoms with van der Waals surface area (Å²) in [5.74, 6) is 0.932. The number of benzene rings is 1. The number of aliphatic hydroxyl groups excluding tert-OH is 1. The van der Waals surface area contributed by atoms with Crippen LogP contribution in [0.25, 0.3) is 0 Å². The Kier molecular flexibility index (Phi) is 3.71. The summed E-state index contributed by atoms with van der Waals surface area (Å²) in [7, 11) is 3.88. The Bertz CT molecular complexity index is 501. The molecule has 0 amide bonds. The number of morpholine rings is 1. The van der Waals surface area contributed by atoms with Crippen molar-refractivity contribution in [2.75, 3.05) is 27.3 Å². The maximum Gasteiger partial charge on any atom is 0.122 e. The van der Waals surface area contributed by atoms with Gasteiger partial charge < -0.3 is 14.6 Å². The first-order chi connectivity index (χ1) is 9.61. The lowest BCUT2D eigenvalue weighted by molar-refractivity contribution is -0.0648. The van der Waals surface area contributed by atoms with Gasteiger partial charge in [0.25, 0.3) is 0 Å². The molecule has 1 fully saturated rings. The fraction of sp³-hybridized carbons (Fsp3) is 0.625. The van der Waals surface area contributed by atoms with Gasteiger partial charge in [0.15, 0.2) is 0 Å². The first-order valence-electron chi connectivity index (χ1n) is 7.30. The largest absolute Gasteiger partial charge is 0.496 e. The maximum absolute atomic E-state index is 10.00. The number of ether oxygens (including phenoxy) is 2. The van der Waals surface area contributed by atoms with Gasteiger partial charge in [-0.1, -0.05) is 6.07 Å². The normalized spacial score (nSPS) is 27.6. The summed E-state index contributed by atoms with van der Waals surface area (Å²) < 4.78 is 11.5. The van der Waals surface area contributed by atoms with Crippen LogP contribution >= 0.6 is 0 Å². The van der Waals surface area contributed by atoms with Gasteiger partial charge in [0.2, 0.25) is 0 Å². The van der Waals surface area contributed by atoms with Crippen LogP contribution in [0.2, 0.25) is 0 Å². The molecule has 3 atom stereocenters. The molecule has 0 bridgehead atoms. The van der Waals surface area contributed by atoms with E-state index in [9.17, 15) is 5.11 Å². The topological polar surface area (TPSA) is 41.9 Å². The van der Waals surface area contributed by atoms with E-state index in [4.69, 9.17) is 9.47 Å². The van der Waals surface area contributed by atoms with Gasteiger partial charge in [0, 0.05) is 19.0 Å². The predicted octanol–water partition coefficient (Wildman–Crippen LogP) is 1.55. The number of likely N-dealkylation sites (N-methyl/N-ethyl adjacent to an activating group) is 1. The summed E-state index contributed by atoms with van der Waals surface area (Å²) in [6, 6.07) is 4.37. The van der Waals surface area contributed by atoms with Gasteiger partial charge in [0.05, 0.1) is 25.9 Å². The number of methoxy groups -OCH3 is 1. The Morgan fingerprint density at radius 3 is 2.85 bits per heavy atom. The van der Waals surface area contributed by atoms with E-state index in [0.717, 1.165) is 37.3 Å². The van der Waals surface area contributed by atoms with E-state index >= 15 is 0 Å². The average molecular weight is 277 g/mol. The highest BCUT2D eigenvalue weighted by molar-refractivity contribution is 5.48. The van der Waals surface area contributed by atoms with Gasteiger partial charge in [-0.15, -0.1) is 0 Å². The average Bonchev–Trinajstić information content (AvgIpc) is 2.44. The fourth-order valence-corrected chi connectivity index (χ4v) is 3.54. The number of hydrogen-bond acceptors (Lipinski definition) is 4. The SMILES string of the molecule is COc1ccc(C(C)O)c2c1CC1C(C2)OCCN1C. The summed E-state index contributed by atoms with van der Waals surface area (Å²) in [5, 5.41) is 10.00. The number of aliphatic hydroxyl groups is 1. The molecular formula is C16H23NO3. The molecule has 1 heterocycles. The number of fused-ring (bicyclic) bond motifs is 2. The molecule has 0 saturated carbocycles. The summed E-state index contributed by atoms with van der Waals surface area (Å²) in [6.45, 7) is 3.60. The third-order valence-electron chi connectivity index (χ3n) is 4.68. The van der Waals surface area contributed by atoms with E-state index in [1.807, 2.05) is 19.1 Å². The number of rotatable bonds is 2. The minimum absolute atomic E-state index is 0.228. The highest BCUT2D eigenvalue weighted by atomic mass is 16.5. The van der Waals surface area contributed by atoms with Crippen LogP contribution in [0.3, 0.4) is 0 Å². The summed E-state index contributed by atoms with van der Waals surface area (Å²) in [6.07, 6.45) is 1.57. The van der Waals surface area contributed by atoms with Gasteiger partial charge in [-0.05, 0) is 43.1 Å². The van der Waals surface area contributed by atoms with Crippen molar-refractivity contribution in [3.8, 4) is 5.75 Å². The minimum Gasteiger partial charge on any atom is -0.496 e. The summed E-state index contributed by atoms with van der Waals surface area (Å²) in [5.41, 5.74) is 3.47. The van der Waals surface area contributed by atoms with Crippen molar-refractivity contribution in [1.29, 1.82) is 0 Å². The molecule has 1 aromatic rings. The van der Waals surface area contributed by atoms with E-state index in [0.29, 0.717) is 6.04 Å². The lowest BCUT2D eigenvalue weighted by atomic mass is 9.81. The lowest BCUT2D eigenvalue weighted by Gasteiger charge is -2.43. The molecule has 0 spiro atoms. The summed E-state index contributed by atoms with van der Waals surface area (Å²) in [4.78, 5) is 2.38. The third kappa shape index (κ3) is 2.22. The van der Waals surface area contributed by atoms with E-state index in [1.54, 1.807) is 7.11 Å². The Morgan fingerprint density at radius 2 is 2.15 bits per heavy atom. The highest BCUT2D eigenvalue weighted by Crippen LogP contribution is 2.37. The number of hydrogen-bond donors (Lipinski definition) is 1. The zero-order chi connectivity index (χ0) is 14.3. The second kappa shape index (κ2) is 5.35. The second-order valence-electron chi connectivity index (χ2n) is 5.86. The van der Waals surface area contributed by atoms with Crippen molar-refractivity contribution < 1.29 is 14.6 Å². The molecular weight excluding hydrogens is 254 g/mol. The fourth-order valence-electron chi connectivity index (χ4n) is 3.54. The monoisotopic (exact) mass is 277 g/mol. The quantitative estimate of drug-likeness (QED) is 0.890. The zero-order valence-corrected chi connectivity index (χ0v) is 12.4. The van der Waals surface area contributed by atoms with Gasteiger partial charge in [-0.25, -0.2) is 0 Å². The Labute approximate surface area is 120 Å². The van der Waals surface area contributed by atoms with E-state index in [-0.39, 0.29) is 6.10 Å². The van der Waals surface area contributed by atoms with Crippen LogP contribution < -0.4 is 4.74 Å². The molecule has 1 N–H and O–H groups in total. The van der Waals surface area contributed by atoms with Crippen LogP contribution in [0, 0.1) is 0 Å². The minimum atomic E-state index is -0.451. The predicted molar refractivity (Wildman–Crippen MR) is 77.2 cm³/mol. The van der Waals surface area contributed by atoms with Crippen LogP contribution in [0.5, 0.6) is 5.75 Å². The Hall–Kier alpha value is -1.10. The molecule has 3 rings (SSSR count). The van der Waals surface area contributed by atoms with Gasteiger partial charge >= 0.3 is 0 Å². The van der Waals surface area contributed by atoms with Gasteiger partial charge in [-0.2, -0.15) is 0 Å². The van der Waals surface area contributed by atoms with Crippen molar-refractivity contribution in [1.82, 2.24) is 4.90 Å². The molecule has 20 heavy (non-hydrogen) atoms. The second-order valence-corrected chi connectivity index (χ2v) is 5.86. The molecule has 0 aromatic heterocycles. The molecule has 110 valence electrons. The van der Waals surface area contributed by atoms with Gasteiger partial charge in [0.1, 0.15) is 5.75 Å². The molecule has 2 aliphatic rings. The van der Waals surface area contributed by atoms with Crippen LogP contribution in [0.15, 0.2) is 12.1 Å². The van der Waals surface area contributed by atoms with Gasteiger partial charge in [-0.3, -0.25) is 4.90 Å². The standard InChI is InChI=1S/C16H23NO3/c1-10(18)11-4-5-15(19-3)13-8-14-16(9-12(11)13)20-7-6-17(14)2/h4-5,10,14,16,18H,6-9H2,1-3H3. The van der Waals surface area contributed by atoms with Crippen molar-refractivity contribution >= 4 is 0 Å². The molecule has 1 aromatic carbocycles. The smallest absolute Gasteiger partial charge is 0.122 e. The Morgan fingerprint density at radius 1 is 1.35 bits per heavy atom. The number of nitrogens with zero attached hydrogens (tertiary/aromatic N) is 1. The zero-order valence-electron chi connectivity index (χ0n) is 12.4. The van der Waals surface area contributed by atoms with Crippen molar-refractivity contribution in [3.05, 3.63) is 28.8 Å². The lowest BCUT2D eigenvalue weighted by Crippen LogP contribution is -2.53. The maximum atomic E-state index is 10.00. The Balaban J connectivity index is 2.04. The molecule has 1 aliphatic heterocycles. The molecule has 0 radical (unpaired) electrons. The van der Waals surface area contributed by atoms with Crippen LogP contribution in [0.4, 0.5) is 0 Å². The molecule has 4 nitrogen and oxygen atoms in total. The van der Waals surface area contributed by atoms with Crippen molar-refractivity contribution in [3.63, 3.8) is 0 Å². The van der Waals surface area contributed by atoms with Crippen LogP contribution in [-0.4, -0.2) is 49.5 Å². The molecule has 4 heteroatoms. The summed E-state index contributed by atoms with van der Waals surface area (Å²) >= 11 is 0. The molecule has 3 unspecified atom stereocenters. The molecule has 1 saturated heterocycles. The van der Waals surface area contributed by atoms with Crippen LogP contribution in [-0.2, 0) is 17.6 Å². The van der Waals surface area contributed by atoms with Crippen molar-refractivity contribution in [2.24, 2.45) is 0 Å². The third-order valence-corrected chi connectivity index (χ3v) is 4.68. The van der Waals surface area contributed by atoms with Crippen LogP contribution in [0.1, 0.15) is 29.7 Å². The van der Waals surface area contributed by atoms with E-state index in [2.05, 4.69) is 11.9 Å². The highest BCUT2D eigenvalue weighted by Gasteiger charge is 2.37. The molecule has 1 aliphatic carbocycles. The van der Waals surface area contributed by atoms with Crippen molar-refractivity contribution in [2.45, 2.75) is 38.0 Å².